The number of nitro groups is 1. The Morgan fingerprint density at radius 1 is 1.19 bits per heavy atom. The van der Waals surface area contributed by atoms with E-state index in [-0.39, 0.29) is 21.6 Å². The molecule has 0 saturated carbocycles. The van der Waals surface area contributed by atoms with Gasteiger partial charge in [-0.15, -0.1) is 0 Å². The Bertz CT molecular complexity index is 762. The van der Waals surface area contributed by atoms with Crippen LogP contribution in [0.3, 0.4) is 0 Å². The molecule has 1 aromatic heterocycles. The summed E-state index contributed by atoms with van der Waals surface area (Å²) >= 11 is 5.51. The van der Waals surface area contributed by atoms with Gasteiger partial charge in [-0.2, -0.15) is 0 Å². The molecule has 0 bridgehead atoms. The van der Waals surface area contributed by atoms with E-state index in [9.17, 15) is 18.5 Å². The summed E-state index contributed by atoms with van der Waals surface area (Å²) in [4.78, 5) is 17.1. The second-order valence-corrected chi connectivity index (χ2v) is 6.24. The van der Waals surface area contributed by atoms with Gasteiger partial charge >= 0.3 is 0 Å². The summed E-state index contributed by atoms with van der Waals surface area (Å²) in [6.07, 6.45) is 2.18. The number of halogens is 1. The molecule has 0 radical (unpaired) electrons. The zero-order chi connectivity index (χ0) is 15.6. The van der Waals surface area contributed by atoms with E-state index >= 15 is 0 Å². The van der Waals surface area contributed by atoms with E-state index in [4.69, 9.17) is 11.6 Å². The standard InChI is InChI=1S/C11H9ClN4O4S/c1-15(8-2-4-9(5-3-8)16(17)18)21(19,20)10-6-13-11(12)14-7-10/h2-7H,1H3. The molecule has 0 N–H and O–H groups in total. The molecule has 2 aromatic rings. The summed E-state index contributed by atoms with van der Waals surface area (Å²) in [5, 5.41) is 10.5. The monoisotopic (exact) mass is 328 g/mol. The minimum atomic E-state index is -3.86. The number of aromatic nitrogens is 2. The number of benzene rings is 1. The number of hydrogen-bond donors (Lipinski definition) is 0. The van der Waals surface area contributed by atoms with Crippen molar-refractivity contribution < 1.29 is 13.3 Å². The maximum absolute atomic E-state index is 12.3. The zero-order valence-corrected chi connectivity index (χ0v) is 12.2. The predicted molar refractivity (Wildman–Crippen MR) is 75.7 cm³/mol. The largest absolute Gasteiger partial charge is 0.269 e. The highest BCUT2D eigenvalue weighted by Gasteiger charge is 2.22. The highest BCUT2D eigenvalue weighted by atomic mass is 35.5. The van der Waals surface area contributed by atoms with Crippen molar-refractivity contribution in [2.45, 2.75) is 4.90 Å². The van der Waals surface area contributed by atoms with E-state index in [1.807, 2.05) is 0 Å². The van der Waals surface area contributed by atoms with Gasteiger partial charge in [0, 0.05) is 19.2 Å². The molecule has 8 nitrogen and oxygen atoms in total. The number of nitrogens with zero attached hydrogens (tertiary/aromatic N) is 4. The van der Waals surface area contributed by atoms with Crippen LogP contribution in [0, 0.1) is 10.1 Å². The summed E-state index contributed by atoms with van der Waals surface area (Å²) in [5.41, 5.74) is 0.148. The van der Waals surface area contributed by atoms with E-state index < -0.39 is 14.9 Å². The molecule has 0 fully saturated rings. The lowest BCUT2D eigenvalue weighted by atomic mass is 10.3. The van der Waals surface area contributed by atoms with Gasteiger partial charge in [0.15, 0.2) is 0 Å². The summed E-state index contributed by atoms with van der Waals surface area (Å²) in [5.74, 6) is 0. The Labute approximate surface area is 125 Å². The van der Waals surface area contributed by atoms with E-state index in [0.717, 1.165) is 16.7 Å². The predicted octanol–water partition coefficient (Wildman–Crippen LogP) is 1.86. The molecule has 10 heteroatoms. The third-order valence-electron chi connectivity index (χ3n) is 2.68. The van der Waals surface area contributed by atoms with E-state index in [1.165, 1.54) is 31.3 Å². The van der Waals surface area contributed by atoms with Crippen molar-refractivity contribution in [3.05, 3.63) is 52.1 Å². The molecule has 0 aliphatic carbocycles. The van der Waals surface area contributed by atoms with Crippen molar-refractivity contribution in [2.75, 3.05) is 11.4 Å². The molecule has 0 aliphatic heterocycles. The number of rotatable bonds is 4. The molecule has 1 aromatic carbocycles. The molecular formula is C11H9ClN4O4S. The first kappa shape index (κ1) is 15.1. The summed E-state index contributed by atoms with van der Waals surface area (Å²) < 4.78 is 25.6. The number of hydrogen-bond acceptors (Lipinski definition) is 6. The maximum atomic E-state index is 12.3. The molecule has 0 unspecified atom stereocenters. The second kappa shape index (κ2) is 5.62. The van der Waals surface area contributed by atoms with Crippen LogP contribution in [0.2, 0.25) is 5.28 Å². The van der Waals surface area contributed by atoms with Gasteiger partial charge in [0.05, 0.1) is 23.0 Å². The molecule has 110 valence electrons. The van der Waals surface area contributed by atoms with Crippen LogP contribution in [0.5, 0.6) is 0 Å². The van der Waals surface area contributed by atoms with Crippen molar-refractivity contribution in [3.63, 3.8) is 0 Å². The fourth-order valence-corrected chi connectivity index (χ4v) is 2.70. The first-order valence-electron chi connectivity index (χ1n) is 5.53. The van der Waals surface area contributed by atoms with Crippen molar-refractivity contribution in [1.82, 2.24) is 9.97 Å². The SMILES string of the molecule is CN(c1ccc([N+](=O)[O-])cc1)S(=O)(=O)c1cnc(Cl)nc1. The average molecular weight is 329 g/mol. The summed E-state index contributed by atoms with van der Waals surface area (Å²) in [6.45, 7) is 0. The van der Waals surface area contributed by atoms with Crippen LogP contribution in [0.1, 0.15) is 0 Å². The lowest BCUT2D eigenvalue weighted by Crippen LogP contribution is -2.26. The van der Waals surface area contributed by atoms with Crippen LogP contribution in [-0.4, -0.2) is 30.4 Å². The normalized spacial score (nSPS) is 11.1. The Balaban J connectivity index is 2.35. The fourth-order valence-electron chi connectivity index (χ4n) is 1.51. The van der Waals surface area contributed by atoms with Gasteiger partial charge in [0.25, 0.3) is 15.7 Å². The topological polar surface area (TPSA) is 106 Å². The Morgan fingerprint density at radius 2 is 1.71 bits per heavy atom. The molecule has 1 heterocycles. The maximum Gasteiger partial charge on any atom is 0.269 e. The molecule has 0 saturated heterocycles. The van der Waals surface area contributed by atoms with E-state index in [0.29, 0.717) is 0 Å². The third kappa shape index (κ3) is 3.09. The van der Waals surface area contributed by atoms with Gasteiger partial charge in [-0.1, -0.05) is 0 Å². The van der Waals surface area contributed by atoms with Gasteiger partial charge in [-0.3, -0.25) is 14.4 Å². The molecule has 21 heavy (non-hydrogen) atoms. The highest BCUT2D eigenvalue weighted by molar-refractivity contribution is 7.92. The molecule has 2 rings (SSSR count). The zero-order valence-electron chi connectivity index (χ0n) is 10.7. The van der Waals surface area contributed by atoms with Crippen molar-refractivity contribution in [3.8, 4) is 0 Å². The molecule has 0 amide bonds. The number of nitro benzene ring substituents is 1. The molecule has 0 aliphatic rings. The first-order valence-corrected chi connectivity index (χ1v) is 7.35. The van der Waals surface area contributed by atoms with Crippen LogP contribution >= 0.6 is 11.6 Å². The lowest BCUT2D eigenvalue weighted by molar-refractivity contribution is -0.384. The fraction of sp³-hybridized carbons (Fsp3) is 0.0909. The van der Waals surface area contributed by atoms with Crippen LogP contribution in [-0.2, 0) is 10.0 Å². The van der Waals surface area contributed by atoms with Crippen molar-refractivity contribution in [1.29, 1.82) is 0 Å². The second-order valence-electron chi connectivity index (χ2n) is 3.93. The van der Waals surface area contributed by atoms with Gasteiger partial charge in [0.1, 0.15) is 4.90 Å². The van der Waals surface area contributed by atoms with Gasteiger partial charge < -0.3 is 0 Å². The van der Waals surface area contributed by atoms with Crippen LogP contribution in [0.25, 0.3) is 0 Å². The Hall–Kier alpha value is -2.26. The van der Waals surface area contributed by atoms with Gasteiger partial charge in [0.2, 0.25) is 5.28 Å². The molecular weight excluding hydrogens is 320 g/mol. The lowest BCUT2D eigenvalue weighted by Gasteiger charge is -2.18. The van der Waals surface area contributed by atoms with Crippen molar-refractivity contribution >= 4 is 33.0 Å². The van der Waals surface area contributed by atoms with Crippen molar-refractivity contribution in [2.24, 2.45) is 0 Å². The smallest absolute Gasteiger partial charge is 0.269 e. The Kier molecular flexibility index (Phi) is 4.05. The average Bonchev–Trinajstić information content (AvgIpc) is 2.47. The van der Waals surface area contributed by atoms with E-state index in [1.54, 1.807) is 0 Å². The number of sulfonamides is 1. The summed E-state index contributed by atoms with van der Waals surface area (Å²) in [6, 6.07) is 5.12. The minimum Gasteiger partial charge on any atom is -0.269 e. The quantitative estimate of drug-likeness (QED) is 0.481. The van der Waals surface area contributed by atoms with Gasteiger partial charge in [-0.05, 0) is 23.7 Å². The first-order chi connectivity index (χ1) is 9.82. The highest BCUT2D eigenvalue weighted by Crippen LogP contribution is 2.23. The third-order valence-corrected chi connectivity index (χ3v) is 4.61. The Morgan fingerprint density at radius 3 is 2.19 bits per heavy atom. The molecule has 0 spiro atoms. The van der Waals surface area contributed by atoms with Crippen LogP contribution in [0.15, 0.2) is 41.6 Å². The van der Waals surface area contributed by atoms with Crippen LogP contribution in [0.4, 0.5) is 11.4 Å². The van der Waals surface area contributed by atoms with Gasteiger partial charge in [-0.25, -0.2) is 18.4 Å². The molecule has 0 atom stereocenters. The number of anilines is 1. The minimum absolute atomic E-state index is 0.0630. The summed E-state index contributed by atoms with van der Waals surface area (Å²) in [7, 11) is -2.54. The number of non-ortho nitro benzene ring substituents is 1. The van der Waals surface area contributed by atoms with E-state index in [2.05, 4.69) is 9.97 Å². The van der Waals surface area contributed by atoms with Crippen LogP contribution < -0.4 is 4.31 Å².